The molecule has 0 aliphatic rings. The highest BCUT2D eigenvalue weighted by molar-refractivity contribution is 6.30. The van der Waals surface area contributed by atoms with Gasteiger partial charge in [0.1, 0.15) is 5.76 Å². The lowest BCUT2D eigenvalue weighted by Crippen LogP contribution is -2.12. The molecule has 7 nitrogen and oxygen atoms in total. The summed E-state index contributed by atoms with van der Waals surface area (Å²) < 4.78 is 10.6. The maximum atomic E-state index is 12.5. The van der Waals surface area contributed by atoms with E-state index >= 15 is 0 Å². The van der Waals surface area contributed by atoms with E-state index in [9.17, 15) is 4.79 Å². The lowest BCUT2D eigenvalue weighted by atomic mass is 9.93. The zero-order valence-corrected chi connectivity index (χ0v) is 17.4. The summed E-state index contributed by atoms with van der Waals surface area (Å²) in [6, 6.07) is 15.7. The van der Waals surface area contributed by atoms with Crippen LogP contribution >= 0.6 is 11.6 Å². The molecular weight excluding hydrogens is 404 g/mol. The van der Waals surface area contributed by atoms with Gasteiger partial charge in [0.2, 0.25) is 5.82 Å². The van der Waals surface area contributed by atoms with Crippen molar-refractivity contribution >= 4 is 23.3 Å². The maximum absolute atomic E-state index is 12.5. The van der Waals surface area contributed by atoms with Crippen molar-refractivity contribution in [1.82, 2.24) is 15.3 Å². The highest BCUT2D eigenvalue weighted by Crippen LogP contribution is 2.26. The average Bonchev–Trinajstić information content (AvgIpc) is 3.38. The van der Waals surface area contributed by atoms with Crippen LogP contribution in [-0.4, -0.2) is 21.2 Å². The first-order chi connectivity index (χ1) is 14.3. The monoisotopic (exact) mass is 422 g/mol. The third-order valence-corrected chi connectivity index (χ3v) is 4.67. The van der Waals surface area contributed by atoms with Crippen molar-refractivity contribution in [3.8, 4) is 22.8 Å². The van der Waals surface area contributed by atoms with E-state index in [2.05, 4.69) is 20.6 Å². The van der Waals surface area contributed by atoms with Gasteiger partial charge in [0.05, 0.1) is 0 Å². The predicted octanol–water partition coefficient (Wildman–Crippen LogP) is 5.59. The molecule has 2 heterocycles. The largest absolute Gasteiger partial charge is 0.359 e. The van der Waals surface area contributed by atoms with Crippen molar-refractivity contribution in [2.45, 2.75) is 26.2 Å². The summed E-state index contributed by atoms with van der Waals surface area (Å²) in [5, 5.41) is 11.3. The van der Waals surface area contributed by atoms with Crippen LogP contribution < -0.4 is 5.32 Å². The molecule has 0 bridgehead atoms. The summed E-state index contributed by atoms with van der Waals surface area (Å²) in [6.45, 7) is 6.02. The summed E-state index contributed by atoms with van der Waals surface area (Å²) in [5.74, 6) is 1.60. The Bertz CT molecular complexity index is 1170. The Labute approximate surface area is 178 Å². The Hall–Kier alpha value is -3.45. The molecule has 1 N–H and O–H groups in total. The Morgan fingerprint density at radius 2 is 1.60 bits per heavy atom. The summed E-state index contributed by atoms with van der Waals surface area (Å²) in [7, 11) is 0. The first-order valence-corrected chi connectivity index (χ1v) is 9.66. The van der Waals surface area contributed by atoms with Crippen molar-refractivity contribution in [2.75, 3.05) is 5.32 Å². The molecule has 2 aromatic carbocycles. The molecule has 1 amide bonds. The lowest BCUT2D eigenvalue weighted by molar-refractivity contribution is 0.102. The minimum atomic E-state index is -0.289. The quantitative estimate of drug-likeness (QED) is 0.460. The van der Waals surface area contributed by atoms with Gasteiger partial charge in [-0.3, -0.25) is 4.79 Å². The fourth-order valence-corrected chi connectivity index (χ4v) is 2.82. The Morgan fingerprint density at radius 1 is 0.933 bits per heavy atom. The number of hydrogen-bond donors (Lipinski definition) is 1. The fourth-order valence-electron chi connectivity index (χ4n) is 2.70. The molecule has 30 heavy (non-hydrogen) atoms. The molecule has 0 radical (unpaired) electrons. The molecular formula is C22H19ClN4O3. The van der Waals surface area contributed by atoms with Crippen LogP contribution in [0.2, 0.25) is 5.02 Å². The Kier molecular flexibility index (Phi) is 5.13. The van der Waals surface area contributed by atoms with Crippen LogP contribution in [0.25, 0.3) is 22.8 Å². The number of aromatic nitrogens is 3. The van der Waals surface area contributed by atoms with Gasteiger partial charge in [0, 0.05) is 33.2 Å². The van der Waals surface area contributed by atoms with Gasteiger partial charge in [-0.1, -0.05) is 42.7 Å². The van der Waals surface area contributed by atoms with E-state index in [4.69, 9.17) is 20.6 Å². The molecule has 0 aliphatic heterocycles. The van der Waals surface area contributed by atoms with Gasteiger partial charge in [0.25, 0.3) is 11.8 Å². The van der Waals surface area contributed by atoms with Crippen LogP contribution in [0.5, 0.6) is 0 Å². The summed E-state index contributed by atoms with van der Waals surface area (Å²) >= 11 is 5.91. The second-order valence-corrected chi connectivity index (χ2v) is 8.22. The number of carbonyl (C=O) groups is 1. The topological polar surface area (TPSA) is 94.1 Å². The number of nitrogens with zero attached hydrogens (tertiary/aromatic N) is 3. The Morgan fingerprint density at radius 3 is 2.23 bits per heavy atom. The molecule has 4 rings (SSSR count). The number of rotatable bonds is 4. The van der Waals surface area contributed by atoms with E-state index in [0.29, 0.717) is 39.4 Å². The highest BCUT2D eigenvalue weighted by atomic mass is 35.5. The van der Waals surface area contributed by atoms with Crippen molar-refractivity contribution in [3.05, 3.63) is 70.9 Å². The molecule has 0 unspecified atom stereocenters. The number of nitrogens with one attached hydrogen (secondary N) is 1. The van der Waals surface area contributed by atoms with Crippen LogP contribution in [0.4, 0.5) is 5.82 Å². The third kappa shape index (κ3) is 4.26. The van der Waals surface area contributed by atoms with E-state index in [-0.39, 0.29) is 11.3 Å². The summed E-state index contributed by atoms with van der Waals surface area (Å²) in [5.41, 5.74) is 1.78. The molecule has 152 valence electrons. The number of benzene rings is 2. The van der Waals surface area contributed by atoms with Crippen LogP contribution in [0.15, 0.2) is 63.6 Å². The first-order valence-electron chi connectivity index (χ1n) is 9.28. The molecule has 0 saturated carbocycles. The van der Waals surface area contributed by atoms with Gasteiger partial charge in [-0.25, -0.2) is 0 Å². The standard InChI is InChI=1S/C22H19ClN4O3/c1-22(2,3)17-12-18(26-29-17)24-20(28)14-4-6-15(7-5-14)21-25-19(27-30-21)13-8-10-16(23)11-9-13/h4-12H,1-3H3,(H,24,26,28). The Balaban J connectivity index is 1.47. The highest BCUT2D eigenvalue weighted by Gasteiger charge is 2.20. The first kappa shape index (κ1) is 19.8. The lowest BCUT2D eigenvalue weighted by Gasteiger charge is -2.12. The van der Waals surface area contributed by atoms with Crippen molar-refractivity contribution < 1.29 is 13.8 Å². The van der Waals surface area contributed by atoms with Gasteiger partial charge in [-0.15, -0.1) is 0 Å². The van der Waals surface area contributed by atoms with Gasteiger partial charge in [-0.05, 0) is 48.5 Å². The van der Waals surface area contributed by atoms with Crippen LogP contribution in [0.1, 0.15) is 36.9 Å². The zero-order valence-electron chi connectivity index (χ0n) is 16.6. The summed E-state index contributed by atoms with van der Waals surface area (Å²) in [6.07, 6.45) is 0. The van der Waals surface area contributed by atoms with E-state index in [1.54, 1.807) is 42.5 Å². The van der Waals surface area contributed by atoms with Crippen molar-refractivity contribution in [1.29, 1.82) is 0 Å². The SMILES string of the molecule is CC(C)(C)c1cc(NC(=O)c2ccc(-c3nc(-c4ccc(Cl)cc4)no3)cc2)no1. The molecule has 4 aromatic rings. The minimum absolute atomic E-state index is 0.188. The number of anilines is 1. The molecule has 0 saturated heterocycles. The fraction of sp³-hybridized carbons (Fsp3) is 0.182. The van der Waals surface area contributed by atoms with Gasteiger partial charge in [0.15, 0.2) is 5.82 Å². The zero-order chi connectivity index (χ0) is 21.3. The second-order valence-electron chi connectivity index (χ2n) is 7.79. The van der Waals surface area contributed by atoms with E-state index < -0.39 is 0 Å². The summed E-state index contributed by atoms with van der Waals surface area (Å²) in [4.78, 5) is 16.9. The molecule has 0 fully saturated rings. The normalized spacial score (nSPS) is 11.5. The molecule has 0 aliphatic carbocycles. The van der Waals surface area contributed by atoms with Crippen molar-refractivity contribution in [3.63, 3.8) is 0 Å². The predicted molar refractivity (Wildman–Crippen MR) is 113 cm³/mol. The number of halogens is 1. The molecule has 8 heteroatoms. The van der Waals surface area contributed by atoms with Gasteiger partial charge >= 0.3 is 0 Å². The van der Waals surface area contributed by atoms with Crippen molar-refractivity contribution in [2.24, 2.45) is 0 Å². The molecule has 0 atom stereocenters. The minimum Gasteiger partial charge on any atom is -0.359 e. The number of amides is 1. The van der Waals surface area contributed by atoms with E-state index in [1.165, 1.54) is 0 Å². The smallest absolute Gasteiger partial charge is 0.258 e. The van der Waals surface area contributed by atoms with Gasteiger partial charge in [-0.2, -0.15) is 4.98 Å². The van der Waals surface area contributed by atoms with Crippen LogP contribution in [-0.2, 0) is 5.41 Å². The molecule has 0 spiro atoms. The molecule has 2 aromatic heterocycles. The van der Waals surface area contributed by atoms with Crippen LogP contribution in [0, 0.1) is 0 Å². The average molecular weight is 423 g/mol. The maximum Gasteiger partial charge on any atom is 0.258 e. The third-order valence-electron chi connectivity index (χ3n) is 4.41. The second kappa shape index (κ2) is 7.76. The van der Waals surface area contributed by atoms with Gasteiger partial charge < -0.3 is 14.4 Å². The van der Waals surface area contributed by atoms with E-state index in [1.807, 2.05) is 32.9 Å². The van der Waals surface area contributed by atoms with Crippen LogP contribution in [0.3, 0.4) is 0 Å². The number of hydrogen-bond acceptors (Lipinski definition) is 6. The number of carbonyl (C=O) groups excluding carboxylic acids is 1. The van der Waals surface area contributed by atoms with E-state index in [0.717, 1.165) is 5.56 Å².